The lowest BCUT2D eigenvalue weighted by Gasteiger charge is -2.32. The SMILES string of the molecule is COC1(C)CC(=O)C=C(c2ccccc2)O1. The van der Waals surface area contributed by atoms with E-state index in [-0.39, 0.29) is 12.2 Å². The summed E-state index contributed by atoms with van der Waals surface area (Å²) in [5.74, 6) is -0.257. The highest BCUT2D eigenvalue weighted by Crippen LogP contribution is 2.30. The van der Waals surface area contributed by atoms with Crippen molar-refractivity contribution < 1.29 is 14.3 Å². The molecule has 0 N–H and O–H groups in total. The van der Waals surface area contributed by atoms with Crippen LogP contribution in [-0.2, 0) is 14.3 Å². The third kappa shape index (κ3) is 2.14. The standard InChI is InChI=1S/C13H14O3/c1-13(15-2)9-11(14)8-12(16-13)10-6-4-3-5-7-10/h3-8H,9H2,1-2H3. The van der Waals surface area contributed by atoms with Gasteiger partial charge >= 0.3 is 0 Å². The van der Waals surface area contributed by atoms with Crippen molar-refractivity contribution in [3.8, 4) is 0 Å². The molecule has 84 valence electrons. The number of carbonyl (C=O) groups is 1. The molecule has 0 saturated carbocycles. The number of rotatable bonds is 2. The number of hydrogen-bond acceptors (Lipinski definition) is 3. The number of benzene rings is 1. The third-order valence-electron chi connectivity index (χ3n) is 2.60. The smallest absolute Gasteiger partial charge is 0.214 e. The summed E-state index contributed by atoms with van der Waals surface area (Å²) in [5.41, 5.74) is 0.888. The Morgan fingerprint density at radius 1 is 1.31 bits per heavy atom. The minimum Gasteiger partial charge on any atom is -0.461 e. The van der Waals surface area contributed by atoms with Gasteiger partial charge in [0.1, 0.15) is 5.76 Å². The first-order valence-electron chi connectivity index (χ1n) is 5.17. The van der Waals surface area contributed by atoms with E-state index in [1.807, 2.05) is 30.3 Å². The molecule has 0 aliphatic carbocycles. The van der Waals surface area contributed by atoms with Crippen LogP contribution in [-0.4, -0.2) is 18.7 Å². The largest absolute Gasteiger partial charge is 0.461 e. The van der Waals surface area contributed by atoms with Crippen molar-refractivity contribution in [3.63, 3.8) is 0 Å². The maximum absolute atomic E-state index is 11.6. The van der Waals surface area contributed by atoms with Crippen molar-refractivity contribution in [2.24, 2.45) is 0 Å². The summed E-state index contributed by atoms with van der Waals surface area (Å²) in [7, 11) is 1.54. The molecule has 2 rings (SSSR count). The Labute approximate surface area is 94.7 Å². The molecule has 1 atom stereocenters. The molecule has 0 radical (unpaired) electrons. The molecule has 1 aliphatic heterocycles. The summed E-state index contributed by atoms with van der Waals surface area (Å²) in [6.07, 6.45) is 1.77. The van der Waals surface area contributed by atoms with Crippen LogP contribution >= 0.6 is 0 Å². The predicted molar refractivity (Wildman–Crippen MR) is 60.5 cm³/mol. The van der Waals surface area contributed by atoms with Crippen LogP contribution in [0.5, 0.6) is 0 Å². The van der Waals surface area contributed by atoms with Crippen LogP contribution in [0.4, 0.5) is 0 Å². The van der Waals surface area contributed by atoms with E-state index in [1.54, 1.807) is 14.0 Å². The van der Waals surface area contributed by atoms with Crippen molar-refractivity contribution in [3.05, 3.63) is 42.0 Å². The average Bonchev–Trinajstić information content (AvgIpc) is 2.29. The summed E-state index contributed by atoms with van der Waals surface area (Å²) in [6, 6.07) is 9.54. The summed E-state index contributed by atoms with van der Waals surface area (Å²) in [5, 5.41) is 0. The minimum atomic E-state index is -0.850. The molecular weight excluding hydrogens is 204 g/mol. The number of ketones is 1. The molecule has 0 spiro atoms. The van der Waals surface area contributed by atoms with Gasteiger partial charge in [0.25, 0.3) is 0 Å². The molecule has 1 aliphatic rings. The van der Waals surface area contributed by atoms with Gasteiger partial charge in [0.05, 0.1) is 6.42 Å². The third-order valence-corrected chi connectivity index (χ3v) is 2.60. The monoisotopic (exact) mass is 218 g/mol. The Bertz CT molecular complexity index is 422. The maximum Gasteiger partial charge on any atom is 0.214 e. The molecule has 0 aromatic heterocycles. The predicted octanol–water partition coefficient (Wildman–Crippen LogP) is 2.38. The van der Waals surface area contributed by atoms with E-state index < -0.39 is 5.79 Å². The lowest BCUT2D eigenvalue weighted by Crippen LogP contribution is -2.36. The number of allylic oxidation sites excluding steroid dienone is 1. The molecule has 0 amide bonds. The van der Waals surface area contributed by atoms with E-state index in [0.717, 1.165) is 5.56 Å². The number of hydrogen-bond donors (Lipinski definition) is 0. The Morgan fingerprint density at radius 2 is 2.00 bits per heavy atom. The highest BCUT2D eigenvalue weighted by Gasteiger charge is 2.33. The summed E-state index contributed by atoms with van der Waals surface area (Å²) in [4.78, 5) is 11.6. The second-order valence-electron chi connectivity index (χ2n) is 3.96. The fourth-order valence-corrected chi connectivity index (χ4v) is 1.67. The first-order valence-corrected chi connectivity index (χ1v) is 5.17. The highest BCUT2D eigenvalue weighted by molar-refractivity contribution is 5.97. The second-order valence-corrected chi connectivity index (χ2v) is 3.96. The Morgan fingerprint density at radius 3 is 2.62 bits per heavy atom. The van der Waals surface area contributed by atoms with Crippen molar-refractivity contribution in [2.45, 2.75) is 19.1 Å². The molecule has 0 fully saturated rings. The zero-order valence-corrected chi connectivity index (χ0v) is 9.40. The first-order chi connectivity index (χ1) is 7.63. The summed E-state index contributed by atoms with van der Waals surface area (Å²) < 4.78 is 10.9. The van der Waals surface area contributed by atoms with Gasteiger partial charge in [0.2, 0.25) is 5.79 Å². The summed E-state index contributed by atoms with van der Waals surface area (Å²) >= 11 is 0. The zero-order chi connectivity index (χ0) is 11.6. The average molecular weight is 218 g/mol. The first kappa shape index (κ1) is 10.9. The van der Waals surface area contributed by atoms with Gasteiger partial charge in [-0.2, -0.15) is 0 Å². The van der Waals surface area contributed by atoms with Crippen LogP contribution in [0.25, 0.3) is 5.76 Å². The molecule has 0 saturated heterocycles. The maximum atomic E-state index is 11.6. The Hall–Kier alpha value is -1.61. The van der Waals surface area contributed by atoms with Crippen LogP contribution in [0.15, 0.2) is 36.4 Å². The van der Waals surface area contributed by atoms with Gasteiger partial charge in [0, 0.05) is 25.7 Å². The van der Waals surface area contributed by atoms with E-state index in [4.69, 9.17) is 9.47 Å². The zero-order valence-electron chi connectivity index (χ0n) is 9.40. The fraction of sp³-hybridized carbons (Fsp3) is 0.308. The fourth-order valence-electron chi connectivity index (χ4n) is 1.67. The molecule has 3 nitrogen and oxygen atoms in total. The van der Waals surface area contributed by atoms with Crippen LogP contribution < -0.4 is 0 Å². The topological polar surface area (TPSA) is 35.5 Å². The number of ether oxygens (including phenoxy) is 2. The van der Waals surface area contributed by atoms with Crippen molar-refractivity contribution in [1.29, 1.82) is 0 Å². The van der Waals surface area contributed by atoms with Gasteiger partial charge in [-0.3, -0.25) is 4.79 Å². The molecule has 16 heavy (non-hydrogen) atoms. The van der Waals surface area contributed by atoms with E-state index in [2.05, 4.69) is 0 Å². The van der Waals surface area contributed by atoms with Gasteiger partial charge in [-0.05, 0) is 0 Å². The normalized spacial score (nSPS) is 24.9. The Kier molecular flexibility index (Phi) is 2.79. The van der Waals surface area contributed by atoms with Crippen LogP contribution in [0, 0.1) is 0 Å². The van der Waals surface area contributed by atoms with Crippen LogP contribution in [0.2, 0.25) is 0 Å². The molecule has 0 bridgehead atoms. The van der Waals surface area contributed by atoms with Gasteiger partial charge < -0.3 is 9.47 Å². The molecular formula is C13H14O3. The van der Waals surface area contributed by atoms with E-state index in [0.29, 0.717) is 5.76 Å². The molecule has 1 aromatic carbocycles. The molecule has 1 aromatic rings. The lowest BCUT2D eigenvalue weighted by molar-refractivity contribution is -0.178. The highest BCUT2D eigenvalue weighted by atomic mass is 16.7. The number of carbonyl (C=O) groups excluding carboxylic acids is 1. The van der Waals surface area contributed by atoms with E-state index >= 15 is 0 Å². The Balaban J connectivity index is 2.33. The van der Waals surface area contributed by atoms with Crippen LogP contribution in [0.3, 0.4) is 0 Å². The summed E-state index contributed by atoms with van der Waals surface area (Å²) in [6.45, 7) is 1.76. The quantitative estimate of drug-likeness (QED) is 0.764. The van der Waals surface area contributed by atoms with Crippen molar-refractivity contribution in [1.82, 2.24) is 0 Å². The van der Waals surface area contributed by atoms with Crippen molar-refractivity contribution >= 4 is 11.5 Å². The minimum absolute atomic E-state index is 0.0226. The van der Waals surface area contributed by atoms with Gasteiger partial charge in [-0.15, -0.1) is 0 Å². The van der Waals surface area contributed by atoms with Gasteiger partial charge in [-0.1, -0.05) is 30.3 Å². The van der Waals surface area contributed by atoms with Crippen molar-refractivity contribution in [2.75, 3.05) is 7.11 Å². The van der Waals surface area contributed by atoms with Crippen LogP contribution in [0.1, 0.15) is 18.9 Å². The molecule has 1 unspecified atom stereocenters. The molecule has 3 heteroatoms. The number of methoxy groups -OCH3 is 1. The van der Waals surface area contributed by atoms with Gasteiger partial charge in [0.15, 0.2) is 5.78 Å². The lowest BCUT2D eigenvalue weighted by atomic mass is 10.0. The van der Waals surface area contributed by atoms with Gasteiger partial charge in [-0.25, -0.2) is 0 Å². The van der Waals surface area contributed by atoms with E-state index in [1.165, 1.54) is 6.08 Å². The second kappa shape index (κ2) is 4.10. The molecule has 1 heterocycles. The van der Waals surface area contributed by atoms with E-state index in [9.17, 15) is 4.79 Å².